The Morgan fingerprint density at radius 2 is 2.41 bits per heavy atom. The molecule has 6 heteroatoms. The minimum Gasteiger partial charge on any atom is -0.496 e. The quantitative estimate of drug-likeness (QED) is 0.615. The molecule has 0 radical (unpaired) electrons. The summed E-state index contributed by atoms with van der Waals surface area (Å²) in [6, 6.07) is 5.38. The summed E-state index contributed by atoms with van der Waals surface area (Å²) >= 11 is 3.07. The molecule has 17 heavy (non-hydrogen) atoms. The van der Waals surface area contributed by atoms with E-state index in [0.29, 0.717) is 11.3 Å². The molecule has 0 spiro atoms. The highest BCUT2D eigenvalue weighted by Crippen LogP contribution is 2.28. The fourth-order valence-electron chi connectivity index (χ4n) is 1.35. The van der Waals surface area contributed by atoms with Crippen molar-refractivity contribution in [1.29, 1.82) is 0 Å². The van der Waals surface area contributed by atoms with Crippen LogP contribution in [-0.4, -0.2) is 23.6 Å². The van der Waals surface area contributed by atoms with E-state index < -0.39 is 0 Å². The Morgan fingerprint density at radius 1 is 1.53 bits per heavy atom. The van der Waals surface area contributed by atoms with Crippen LogP contribution in [-0.2, 0) is 5.75 Å². The molecule has 0 aliphatic rings. The van der Waals surface area contributed by atoms with E-state index in [1.165, 1.54) is 11.3 Å². The van der Waals surface area contributed by atoms with Gasteiger partial charge in [-0.05, 0) is 18.2 Å². The highest BCUT2D eigenvalue weighted by molar-refractivity contribution is 8.00. The van der Waals surface area contributed by atoms with Crippen molar-refractivity contribution in [2.24, 2.45) is 0 Å². The molecule has 0 N–H and O–H groups in total. The first kappa shape index (κ1) is 12.1. The third kappa shape index (κ3) is 3.04. The summed E-state index contributed by atoms with van der Waals surface area (Å²) in [5, 5.41) is 7.72. The SMILES string of the molecule is COc1ccc(C=O)cc1CSc1nncs1. The average molecular weight is 266 g/mol. The van der Waals surface area contributed by atoms with Gasteiger partial charge in [0.25, 0.3) is 0 Å². The second-order valence-corrected chi connectivity index (χ2v) is 5.24. The number of ether oxygens (including phenoxy) is 1. The van der Waals surface area contributed by atoms with Crippen LogP contribution in [0.15, 0.2) is 28.0 Å². The Bertz CT molecular complexity index is 500. The second kappa shape index (κ2) is 5.79. The summed E-state index contributed by atoms with van der Waals surface area (Å²) in [5.41, 5.74) is 3.33. The predicted molar refractivity (Wildman–Crippen MR) is 67.9 cm³/mol. The summed E-state index contributed by atoms with van der Waals surface area (Å²) in [4.78, 5) is 10.7. The Kier molecular flexibility index (Phi) is 4.11. The van der Waals surface area contributed by atoms with E-state index in [1.54, 1.807) is 36.5 Å². The number of benzene rings is 1. The largest absolute Gasteiger partial charge is 0.496 e. The van der Waals surface area contributed by atoms with Gasteiger partial charge in [0.2, 0.25) is 0 Å². The molecule has 0 saturated heterocycles. The van der Waals surface area contributed by atoms with Crippen LogP contribution in [0.5, 0.6) is 5.75 Å². The number of carbonyl (C=O) groups is 1. The van der Waals surface area contributed by atoms with E-state index in [4.69, 9.17) is 4.74 Å². The minimum atomic E-state index is 0.652. The normalized spacial score (nSPS) is 10.2. The van der Waals surface area contributed by atoms with E-state index in [0.717, 1.165) is 21.9 Å². The van der Waals surface area contributed by atoms with Gasteiger partial charge >= 0.3 is 0 Å². The molecule has 2 aromatic rings. The molecule has 0 aliphatic carbocycles. The number of hydrogen-bond donors (Lipinski definition) is 0. The Hall–Kier alpha value is -1.40. The van der Waals surface area contributed by atoms with Gasteiger partial charge in [0.05, 0.1) is 7.11 Å². The van der Waals surface area contributed by atoms with Gasteiger partial charge in [0.15, 0.2) is 4.34 Å². The topological polar surface area (TPSA) is 52.1 Å². The lowest BCUT2D eigenvalue weighted by Crippen LogP contribution is -1.92. The Morgan fingerprint density at radius 3 is 3.06 bits per heavy atom. The van der Waals surface area contributed by atoms with E-state index in [2.05, 4.69) is 10.2 Å². The minimum absolute atomic E-state index is 0.652. The molecular formula is C11H10N2O2S2. The van der Waals surface area contributed by atoms with Crippen molar-refractivity contribution >= 4 is 29.4 Å². The number of rotatable bonds is 5. The lowest BCUT2D eigenvalue weighted by atomic mass is 10.1. The van der Waals surface area contributed by atoms with Crippen LogP contribution in [0.4, 0.5) is 0 Å². The molecule has 0 unspecified atom stereocenters. The molecule has 0 fully saturated rings. The fourth-order valence-corrected chi connectivity index (χ4v) is 2.82. The van der Waals surface area contributed by atoms with Crippen LogP contribution in [0.1, 0.15) is 15.9 Å². The number of hydrogen-bond acceptors (Lipinski definition) is 6. The van der Waals surface area contributed by atoms with Gasteiger partial charge in [-0.15, -0.1) is 10.2 Å². The predicted octanol–water partition coefficient (Wildman–Crippen LogP) is 2.65. The maximum absolute atomic E-state index is 10.7. The highest BCUT2D eigenvalue weighted by Gasteiger charge is 2.06. The number of thioether (sulfide) groups is 1. The number of methoxy groups -OCH3 is 1. The molecule has 1 heterocycles. The van der Waals surface area contributed by atoms with Crippen LogP contribution in [0, 0.1) is 0 Å². The Labute approximate surface area is 107 Å². The first-order valence-corrected chi connectivity index (χ1v) is 6.71. The average Bonchev–Trinajstić information content (AvgIpc) is 2.89. The second-order valence-electron chi connectivity index (χ2n) is 3.18. The Balaban J connectivity index is 2.15. The molecule has 0 amide bonds. The van der Waals surface area contributed by atoms with E-state index in [1.807, 2.05) is 6.07 Å². The molecule has 0 atom stereocenters. The van der Waals surface area contributed by atoms with E-state index in [9.17, 15) is 4.79 Å². The molecule has 4 nitrogen and oxygen atoms in total. The van der Waals surface area contributed by atoms with E-state index in [-0.39, 0.29) is 0 Å². The van der Waals surface area contributed by atoms with Gasteiger partial charge in [0.1, 0.15) is 17.5 Å². The van der Waals surface area contributed by atoms with Gasteiger partial charge in [0, 0.05) is 16.9 Å². The molecule has 1 aromatic carbocycles. The molecule has 0 saturated carbocycles. The van der Waals surface area contributed by atoms with Crippen molar-refractivity contribution in [3.63, 3.8) is 0 Å². The fraction of sp³-hybridized carbons (Fsp3) is 0.182. The van der Waals surface area contributed by atoms with Crippen molar-refractivity contribution < 1.29 is 9.53 Å². The van der Waals surface area contributed by atoms with E-state index >= 15 is 0 Å². The van der Waals surface area contributed by atoms with Gasteiger partial charge in [-0.3, -0.25) is 4.79 Å². The first-order chi connectivity index (χ1) is 8.33. The standard InChI is InChI=1S/C11H10N2O2S2/c1-15-10-3-2-8(5-14)4-9(10)6-16-11-13-12-7-17-11/h2-5,7H,6H2,1H3. The summed E-state index contributed by atoms with van der Waals surface area (Å²) in [5.74, 6) is 1.49. The van der Waals surface area contributed by atoms with Crippen molar-refractivity contribution in [2.75, 3.05) is 7.11 Å². The van der Waals surface area contributed by atoms with Gasteiger partial charge in [-0.2, -0.15) is 0 Å². The number of nitrogens with zero attached hydrogens (tertiary/aromatic N) is 2. The molecule has 2 rings (SSSR count). The highest BCUT2D eigenvalue weighted by atomic mass is 32.2. The number of aldehydes is 1. The van der Waals surface area contributed by atoms with Crippen molar-refractivity contribution in [3.8, 4) is 5.75 Å². The lowest BCUT2D eigenvalue weighted by molar-refractivity contribution is 0.112. The van der Waals surface area contributed by atoms with Gasteiger partial charge < -0.3 is 4.74 Å². The maximum Gasteiger partial charge on any atom is 0.174 e. The zero-order valence-corrected chi connectivity index (χ0v) is 10.8. The molecular weight excluding hydrogens is 256 g/mol. The van der Waals surface area contributed by atoms with Crippen molar-refractivity contribution in [1.82, 2.24) is 10.2 Å². The van der Waals surface area contributed by atoms with Gasteiger partial charge in [-0.1, -0.05) is 23.1 Å². The monoisotopic (exact) mass is 266 g/mol. The zero-order chi connectivity index (χ0) is 12.1. The van der Waals surface area contributed by atoms with Crippen LogP contribution in [0.2, 0.25) is 0 Å². The zero-order valence-electron chi connectivity index (χ0n) is 9.12. The third-order valence-electron chi connectivity index (χ3n) is 2.13. The van der Waals surface area contributed by atoms with Crippen LogP contribution in [0.25, 0.3) is 0 Å². The maximum atomic E-state index is 10.7. The number of aromatic nitrogens is 2. The lowest BCUT2D eigenvalue weighted by Gasteiger charge is -2.07. The van der Waals surface area contributed by atoms with Crippen LogP contribution >= 0.6 is 23.1 Å². The first-order valence-electron chi connectivity index (χ1n) is 4.84. The summed E-state index contributed by atoms with van der Waals surface area (Å²) in [6.07, 6.45) is 0.832. The summed E-state index contributed by atoms with van der Waals surface area (Å²) < 4.78 is 6.16. The molecule has 0 bridgehead atoms. The third-order valence-corrected chi connectivity index (χ3v) is 4.04. The molecule has 0 aliphatic heterocycles. The molecule has 88 valence electrons. The molecule has 1 aromatic heterocycles. The van der Waals surface area contributed by atoms with Gasteiger partial charge in [-0.25, -0.2) is 0 Å². The summed E-state index contributed by atoms with van der Waals surface area (Å²) in [6.45, 7) is 0. The van der Waals surface area contributed by atoms with Crippen LogP contribution in [0.3, 0.4) is 0 Å². The summed E-state index contributed by atoms with van der Waals surface area (Å²) in [7, 11) is 1.62. The van der Waals surface area contributed by atoms with Crippen molar-refractivity contribution in [3.05, 3.63) is 34.8 Å². The van der Waals surface area contributed by atoms with Crippen molar-refractivity contribution in [2.45, 2.75) is 10.1 Å². The number of carbonyl (C=O) groups excluding carboxylic acids is 1. The smallest absolute Gasteiger partial charge is 0.174 e. The van der Waals surface area contributed by atoms with Crippen LogP contribution < -0.4 is 4.74 Å².